The molecule has 3 fully saturated rings. The Labute approximate surface area is 119 Å². The van der Waals surface area contributed by atoms with Gasteiger partial charge in [-0.05, 0) is 57.0 Å². The van der Waals surface area contributed by atoms with Crippen LogP contribution in [-0.4, -0.2) is 36.6 Å². The Bertz CT molecular complexity index is 291. The quantitative estimate of drug-likeness (QED) is 0.787. The molecular formula is C17H32N2. The number of likely N-dealkylation sites (tertiary alicyclic amines) is 1. The van der Waals surface area contributed by atoms with E-state index in [0.29, 0.717) is 0 Å². The minimum absolute atomic E-state index is 0.827. The number of hydrogen-bond donors (Lipinski definition) is 1. The first kappa shape index (κ1) is 13.9. The van der Waals surface area contributed by atoms with E-state index in [1.165, 1.54) is 64.6 Å². The normalized spacial score (nSPS) is 44.2. The Balaban J connectivity index is 1.57. The second kappa shape index (κ2) is 6.13. The summed E-state index contributed by atoms with van der Waals surface area (Å²) in [6, 6.07) is 1.73. The summed E-state index contributed by atoms with van der Waals surface area (Å²) in [7, 11) is 0. The number of nitrogens with zero attached hydrogens (tertiary/aromatic N) is 1. The van der Waals surface area contributed by atoms with Crippen molar-refractivity contribution in [3.8, 4) is 0 Å². The van der Waals surface area contributed by atoms with Gasteiger partial charge in [-0.1, -0.05) is 32.6 Å². The molecule has 0 bridgehead atoms. The molecule has 5 unspecified atom stereocenters. The highest BCUT2D eigenvalue weighted by Gasteiger charge is 2.44. The number of rotatable bonds is 3. The molecule has 110 valence electrons. The summed E-state index contributed by atoms with van der Waals surface area (Å²) in [5.41, 5.74) is 0. The van der Waals surface area contributed by atoms with Gasteiger partial charge in [0.25, 0.3) is 0 Å². The van der Waals surface area contributed by atoms with Crippen LogP contribution in [0.1, 0.15) is 58.8 Å². The van der Waals surface area contributed by atoms with E-state index in [-0.39, 0.29) is 0 Å². The first-order valence-electron chi connectivity index (χ1n) is 8.76. The van der Waals surface area contributed by atoms with Crippen molar-refractivity contribution in [1.82, 2.24) is 10.2 Å². The number of nitrogens with one attached hydrogen (secondary N) is 1. The lowest BCUT2D eigenvalue weighted by Gasteiger charge is -2.32. The third kappa shape index (κ3) is 2.85. The number of fused-ring (bicyclic) bond motifs is 1. The lowest BCUT2D eigenvalue weighted by molar-refractivity contribution is 0.153. The molecule has 2 saturated heterocycles. The largest absolute Gasteiger partial charge is 0.316 e. The van der Waals surface area contributed by atoms with Crippen LogP contribution in [0.4, 0.5) is 0 Å². The molecule has 0 amide bonds. The summed E-state index contributed by atoms with van der Waals surface area (Å²) in [4.78, 5) is 2.89. The zero-order valence-electron chi connectivity index (χ0n) is 12.9. The summed E-state index contributed by atoms with van der Waals surface area (Å²) in [6.45, 7) is 8.76. The molecule has 0 spiro atoms. The summed E-state index contributed by atoms with van der Waals surface area (Å²) < 4.78 is 0. The van der Waals surface area contributed by atoms with Gasteiger partial charge in [0, 0.05) is 18.6 Å². The Morgan fingerprint density at radius 1 is 1.11 bits per heavy atom. The zero-order chi connectivity index (χ0) is 13.2. The van der Waals surface area contributed by atoms with Crippen LogP contribution < -0.4 is 5.32 Å². The summed E-state index contributed by atoms with van der Waals surface area (Å²) in [5.74, 6) is 2.92. The van der Waals surface area contributed by atoms with Crippen molar-refractivity contribution < 1.29 is 0 Å². The standard InChI is InChI=1S/C17H32N2/c1-3-5-14-6-4-7-16(9-8-14)19-12-15-10-18-11-17(15)13(19)2/h13-18H,3-12H2,1-2H3. The van der Waals surface area contributed by atoms with Crippen LogP contribution in [0.5, 0.6) is 0 Å². The van der Waals surface area contributed by atoms with Gasteiger partial charge in [-0.15, -0.1) is 0 Å². The fourth-order valence-electron chi connectivity index (χ4n) is 5.07. The van der Waals surface area contributed by atoms with E-state index in [2.05, 4.69) is 24.1 Å². The average Bonchev–Trinajstić information content (AvgIpc) is 2.89. The highest BCUT2D eigenvalue weighted by atomic mass is 15.2. The highest BCUT2D eigenvalue weighted by Crippen LogP contribution is 2.37. The second-order valence-corrected chi connectivity index (χ2v) is 7.34. The smallest absolute Gasteiger partial charge is 0.0114 e. The van der Waals surface area contributed by atoms with Crippen LogP contribution in [-0.2, 0) is 0 Å². The molecule has 2 heteroatoms. The van der Waals surface area contributed by atoms with Crippen molar-refractivity contribution in [2.24, 2.45) is 17.8 Å². The van der Waals surface area contributed by atoms with E-state index in [9.17, 15) is 0 Å². The average molecular weight is 264 g/mol. The highest BCUT2D eigenvalue weighted by molar-refractivity contribution is 4.99. The maximum Gasteiger partial charge on any atom is 0.0114 e. The molecule has 3 aliphatic rings. The van der Waals surface area contributed by atoms with Crippen molar-refractivity contribution in [3.63, 3.8) is 0 Å². The molecule has 19 heavy (non-hydrogen) atoms. The van der Waals surface area contributed by atoms with Gasteiger partial charge in [-0.25, -0.2) is 0 Å². The van der Waals surface area contributed by atoms with E-state index in [4.69, 9.17) is 0 Å². The van der Waals surface area contributed by atoms with Crippen LogP contribution in [0.3, 0.4) is 0 Å². The van der Waals surface area contributed by atoms with Gasteiger partial charge in [-0.3, -0.25) is 4.90 Å². The van der Waals surface area contributed by atoms with Gasteiger partial charge in [0.15, 0.2) is 0 Å². The Kier molecular flexibility index (Phi) is 4.48. The fourth-order valence-corrected chi connectivity index (χ4v) is 5.07. The Morgan fingerprint density at radius 3 is 2.79 bits per heavy atom. The van der Waals surface area contributed by atoms with E-state index in [1.54, 1.807) is 0 Å². The summed E-state index contributed by atoms with van der Waals surface area (Å²) in [6.07, 6.45) is 10.3. The molecule has 2 heterocycles. The third-order valence-electron chi connectivity index (χ3n) is 6.20. The van der Waals surface area contributed by atoms with E-state index in [0.717, 1.165) is 29.8 Å². The van der Waals surface area contributed by atoms with Gasteiger partial charge in [0.05, 0.1) is 0 Å². The van der Waals surface area contributed by atoms with Crippen molar-refractivity contribution in [1.29, 1.82) is 0 Å². The molecule has 1 saturated carbocycles. The molecule has 5 atom stereocenters. The van der Waals surface area contributed by atoms with Gasteiger partial charge in [0.1, 0.15) is 0 Å². The molecule has 2 nitrogen and oxygen atoms in total. The molecule has 2 aliphatic heterocycles. The zero-order valence-corrected chi connectivity index (χ0v) is 12.9. The first-order chi connectivity index (χ1) is 9.29. The van der Waals surface area contributed by atoms with Crippen LogP contribution in [0.2, 0.25) is 0 Å². The SMILES string of the molecule is CCCC1CCCC(N2CC3CNCC3C2C)CC1. The third-order valence-corrected chi connectivity index (χ3v) is 6.20. The monoisotopic (exact) mass is 264 g/mol. The summed E-state index contributed by atoms with van der Waals surface area (Å²) in [5, 5.41) is 3.59. The fraction of sp³-hybridized carbons (Fsp3) is 1.00. The number of hydrogen-bond acceptors (Lipinski definition) is 2. The molecule has 1 N–H and O–H groups in total. The van der Waals surface area contributed by atoms with E-state index < -0.39 is 0 Å². The van der Waals surface area contributed by atoms with Crippen LogP contribution in [0, 0.1) is 17.8 Å². The minimum atomic E-state index is 0.827. The predicted octanol–water partition coefficient (Wildman–Crippen LogP) is 3.28. The second-order valence-electron chi connectivity index (χ2n) is 7.34. The van der Waals surface area contributed by atoms with Gasteiger partial charge in [-0.2, -0.15) is 0 Å². The molecular weight excluding hydrogens is 232 g/mol. The Hall–Kier alpha value is -0.0800. The van der Waals surface area contributed by atoms with Crippen molar-refractivity contribution in [2.75, 3.05) is 19.6 Å². The molecule has 0 radical (unpaired) electrons. The predicted molar refractivity (Wildman–Crippen MR) is 81.3 cm³/mol. The van der Waals surface area contributed by atoms with Crippen molar-refractivity contribution >= 4 is 0 Å². The molecule has 0 aromatic heterocycles. The van der Waals surface area contributed by atoms with Crippen LogP contribution in [0.15, 0.2) is 0 Å². The topological polar surface area (TPSA) is 15.3 Å². The molecule has 1 aliphatic carbocycles. The summed E-state index contributed by atoms with van der Waals surface area (Å²) >= 11 is 0. The molecule has 0 aromatic carbocycles. The maximum absolute atomic E-state index is 3.59. The van der Waals surface area contributed by atoms with E-state index >= 15 is 0 Å². The van der Waals surface area contributed by atoms with Gasteiger partial charge >= 0.3 is 0 Å². The minimum Gasteiger partial charge on any atom is -0.316 e. The first-order valence-corrected chi connectivity index (χ1v) is 8.76. The van der Waals surface area contributed by atoms with E-state index in [1.807, 2.05) is 0 Å². The lowest BCUT2D eigenvalue weighted by Crippen LogP contribution is -2.41. The van der Waals surface area contributed by atoms with Crippen molar-refractivity contribution in [3.05, 3.63) is 0 Å². The molecule has 3 rings (SSSR count). The van der Waals surface area contributed by atoms with Gasteiger partial charge in [0.2, 0.25) is 0 Å². The maximum atomic E-state index is 3.59. The van der Waals surface area contributed by atoms with Crippen LogP contribution in [0.25, 0.3) is 0 Å². The van der Waals surface area contributed by atoms with Crippen LogP contribution >= 0.6 is 0 Å². The van der Waals surface area contributed by atoms with Crippen molar-refractivity contribution in [2.45, 2.75) is 70.9 Å². The Morgan fingerprint density at radius 2 is 2.00 bits per heavy atom. The lowest BCUT2D eigenvalue weighted by atomic mass is 9.94. The van der Waals surface area contributed by atoms with Gasteiger partial charge < -0.3 is 5.32 Å². The molecule has 0 aromatic rings.